The predicted molar refractivity (Wildman–Crippen MR) is 119 cm³/mol. The molecule has 2 rings (SSSR count). The molecule has 1 aliphatic carbocycles. The summed E-state index contributed by atoms with van der Waals surface area (Å²) < 4.78 is 13.3. The summed E-state index contributed by atoms with van der Waals surface area (Å²) in [7, 11) is 0. The van der Waals surface area contributed by atoms with Crippen LogP contribution in [0, 0.1) is 5.82 Å². The van der Waals surface area contributed by atoms with Crippen molar-refractivity contribution in [1.82, 2.24) is 0 Å². The van der Waals surface area contributed by atoms with E-state index in [1.54, 1.807) is 0 Å². The third-order valence-electron chi connectivity index (χ3n) is 4.91. The molecule has 1 aliphatic rings. The van der Waals surface area contributed by atoms with Crippen molar-refractivity contribution >= 4 is 22.7 Å². The monoisotopic (exact) mass is 380 g/mol. The fourth-order valence-electron chi connectivity index (χ4n) is 3.40. The first kappa shape index (κ1) is 21.3. The number of hydrogen-bond donors (Lipinski definition) is 0. The van der Waals surface area contributed by atoms with Crippen LogP contribution in [0.15, 0.2) is 71.0 Å². The van der Waals surface area contributed by atoms with Gasteiger partial charge in [-0.15, -0.1) is 5.73 Å². The second-order valence-corrected chi connectivity index (χ2v) is 7.92. The van der Waals surface area contributed by atoms with E-state index in [0.717, 1.165) is 35.3 Å². The first-order chi connectivity index (χ1) is 12.9. The van der Waals surface area contributed by atoms with Gasteiger partial charge in [0.25, 0.3) is 0 Å². The van der Waals surface area contributed by atoms with Crippen LogP contribution in [0.4, 0.5) is 4.39 Å². The molecule has 2 heteroatoms. The van der Waals surface area contributed by atoms with E-state index in [9.17, 15) is 4.39 Å². The molecule has 27 heavy (non-hydrogen) atoms. The van der Waals surface area contributed by atoms with E-state index in [-0.39, 0.29) is 5.82 Å². The van der Waals surface area contributed by atoms with Crippen molar-refractivity contribution in [2.45, 2.75) is 59.3 Å². The quantitative estimate of drug-likeness (QED) is 0.181. The van der Waals surface area contributed by atoms with Gasteiger partial charge in [-0.1, -0.05) is 62.8 Å². The van der Waals surface area contributed by atoms with Crippen LogP contribution in [0.5, 0.6) is 0 Å². The maximum Gasteiger partial charge on any atom is 0.123 e. The van der Waals surface area contributed by atoms with Gasteiger partial charge in [-0.05, 0) is 78.0 Å². The van der Waals surface area contributed by atoms with Gasteiger partial charge >= 0.3 is 0 Å². The van der Waals surface area contributed by atoms with Gasteiger partial charge in [0.2, 0.25) is 0 Å². The van der Waals surface area contributed by atoms with Gasteiger partial charge in [-0.3, -0.25) is 0 Å². The summed E-state index contributed by atoms with van der Waals surface area (Å²) in [6.45, 7) is 10.1. The molecular formula is C25H29FS. The Hall–Kier alpha value is -2.02. The van der Waals surface area contributed by atoms with Gasteiger partial charge in [0.15, 0.2) is 0 Å². The second kappa shape index (κ2) is 10.3. The fourth-order valence-corrected chi connectivity index (χ4v) is 3.55. The highest BCUT2D eigenvalue weighted by Gasteiger charge is 2.16. The summed E-state index contributed by atoms with van der Waals surface area (Å²) in [4.78, 5) is 0.947. The predicted octanol–water partition coefficient (Wildman–Crippen LogP) is 7.93. The highest BCUT2D eigenvalue weighted by molar-refractivity contribution is 7.80. The molecule has 0 aromatic heterocycles. The number of benzene rings is 1. The molecule has 0 nitrogen and oxygen atoms in total. The van der Waals surface area contributed by atoms with Crippen LogP contribution in [-0.2, 0) is 0 Å². The topological polar surface area (TPSA) is 0 Å². The average molecular weight is 381 g/mol. The zero-order chi connectivity index (χ0) is 19.8. The first-order valence-corrected chi connectivity index (χ1v) is 10.1. The minimum absolute atomic E-state index is 0.194. The molecule has 0 N–H and O–H groups in total. The lowest BCUT2D eigenvalue weighted by Crippen LogP contribution is -1.94. The van der Waals surface area contributed by atoms with Crippen LogP contribution < -0.4 is 0 Å². The molecule has 1 aromatic rings. The number of thiocarbonyl (C=S) groups is 1. The van der Waals surface area contributed by atoms with Gasteiger partial charge in [0.05, 0.1) is 0 Å². The molecule has 0 saturated heterocycles. The van der Waals surface area contributed by atoms with Crippen molar-refractivity contribution in [2.75, 3.05) is 0 Å². The molecule has 0 unspecified atom stereocenters. The standard InChI is InChI=1S/C25H29FS/c1-5-7-8-9-22-16-24(21-10-12-25(26)13-11-21)17-23(22)14-18(3)20(6-2)15-19(4)27/h10-14,16H,2,5,7-9,15,17H2,1,3-4H3/b18-14+. The fraction of sp³-hybridized carbons (Fsp3) is 0.360. The molecule has 0 atom stereocenters. The van der Waals surface area contributed by atoms with Crippen molar-refractivity contribution in [3.63, 3.8) is 0 Å². The van der Waals surface area contributed by atoms with E-state index in [1.807, 2.05) is 19.1 Å². The van der Waals surface area contributed by atoms with Crippen molar-refractivity contribution < 1.29 is 4.39 Å². The zero-order valence-electron chi connectivity index (χ0n) is 16.7. The van der Waals surface area contributed by atoms with E-state index in [1.165, 1.54) is 53.7 Å². The summed E-state index contributed by atoms with van der Waals surface area (Å²) >= 11 is 5.26. The molecular weight excluding hydrogens is 351 g/mol. The Labute approximate surface area is 168 Å². The Bertz CT molecular complexity index is 828. The van der Waals surface area contributed by atoms with Crippen LogP contribution in [0.25, 0.3) is 5.57 Å². The molecule has 0 spiro atoms. The van der Waals surface area contributed by atoms with Gasteiger partial charge in [0, 0.05) is 12.0 Å². The number of rotatable bonds is 9. The Morgan fingerprint density at radius 2 is 1.93 bits per heavy atom. The largest absolute Gasteiger partial charge is 0.207 e. The first-order valence-electron chi connectivity index (χ1n) is 9.70. The van der Waals surface area contributed by atoms with Crippen LogP contribution in [0.3, 0.4) is 0 Å². The van der Waals surface area contributed by atoms with E-state index >= 15 is 0 Å². The second-order valence-electron chi connectivity index (χ2n) is 7.22. The van der Waals surface area contributed by atoms with Crippen molar-refractivity contribution in [3.05, 3.63) is 82.4 Å². The van der Waals surface area contributed by atoms with Crippen LogP contribution in [0.2, 0.25) is 0 Å². The molecule has 0 bridgehead atoms. The van der Waals surface area contributed by atoms with Crippen molar-refractivity contribution in [2.24, 2.45) is 0 Å². The Balaban J connectivity index is 2.29. The van der Waals surface area contributed by atoms with Gasteiger partial charge in [-0.25, -0.2) is 4.39 Å². The molecule has 0 fully saturated rings. The van der Waals surface area contributed by atoms with E-state index < -0.39 is 0 Å². The Kier molecular flexibility index (Phi) is 8.16. The molecule has 1 aromatic carbocycles. The van der Waals surface area contributed by atoms with E-state index in [2.05, 4.69) is 38.3 Å². The minimum atomic E-state index is -0.194. The van der Waals surface area contributed by atoms with Gasteiger partial charge in [0.1, 0.15) is 5.82 Å². The number of hydrogen-bond acceptors (Lipinski definition) is 1. The lowest BCUT2D eigenvalue weighted by atomic mass is 9.97. The maximum absolute atomic E-state index is 13.3. The van der Waals surface area contributed by atoms with Crippen molar-refractivity contribution in [1.29, 1.82) is 0 Å². The summed E-state index contributed by atoms with van der Waals surface area (Å²) in [5.41, 5.74) is 10.4. The SMILES string of the molecule is C=C=C(CC(C)=S)/C(C)=C/C1=C(CCCCC)C=C(c2ccc(F)cc2)C1. The molecule has 0 saturated carbocycles. The van der Waals surface area contributed by atoms with Crippen LogP contribution in [-0.4, -0.2) is 4.86 Å². The molecule has 0 amide bonds. The van der Waals surface area contributed by atoms with Gasteiger partial charge in [-0.2, -0.15) is 0 Å². The number of unbranched alkanes of at least 4 members (excludes halogenated alkanes) is 2. The lowest BCUT2D eigenvalue weighted by molar-refractivity contribution is 0.627. The third-order valence-corrected chi connectivity index (χ3v) is 5.06. The maximum atomic E-state index is 13.3. The molecule has 142 valence electrons. The third kappa shape index (κ3) is 6.27. The summed E-state index contributed by atoms with van der Waals surface area (Å²) in [6, 6.07) is 6.81. The van der Waals surface area contributed by atoms with Crippen molar-refractivity contribution in [3.8, 4) is 0 Å². The number of allylic oxidation sites excluding steroid dienone is 7. The van der Waals surface area contributed by atoms with Crippen LogP contribution >= 0.6 is 12.2 Å². The summed E-state index contributed by atoms with van der Waals surface area (Å²) in [6.07, 6.45) is 10.9. The minimum Gasteiger partial charge on any atom is -0.207 e. The lowest BCUT2D eigenvalue weighted by Gasteiger charge is -2.08. The average Bonchev–Trinajstić information content (AvgIpc) is 3.03. The number of halogens is 1. The highest BCUT2D eigenvalue weighted by atomic mass is 32.1. The summed E-state index contributed by atoms with van der Waals surface area (Å²) in [5.74, 6) is -0.194. The van der Waals surface area contributed by atoms with E-state index in [4.69, 9.17) is 12.2 Å². The van der Waals surface area contributed by atoms with Crippen LogP contribution in [0.1, 0.15) is 64.9 Å². The molecule has 0 radical (unpaired) electrons. The molecule has 0 aliphatic heterocycles. The van der Waals surface area contributed by atoms with Gasteiger partial charge < -0.3 is 0 Å². The molecule has 0 heterocycles. The highest BCUT2D eigenvalue weighted by Crippen LogP contribution is 2.36. The smallest absolute Gasteiger partial charge is 0.123 e. The normalized spacial score (nSPS) is 14.2. The summed E-state index contributed by atoms with van der Waals surface area (Å²) in [5, 5.41) is 0. The Morgan fingerprint density at radius 3 is 2.52 bits per heavy atom. The zero-order valence-corrected chi connectivity index (χ0v) is 17.5. The Morgan fingerprint density at radius 1 is 1.22 bits per heavy atom. The van der Waals surface area contributed by atoms with E-state index in [0.29, 0.717) is 0 Å².